The van der Waals surface area contributed by atoms with Crippen LogP contribution >= 0.6 is 0 Å². The second-order valence-corrected chi connectivity index (χ2v) is 7.01. The number of carbonyl (C=O) groups is 3. The highest BCUT2D eigenvalue weighted by Crippen LogP contribution is 2.13. The molecule has 1 unspecified atom stereocenters. The molecule has 1 atom stereocenters. The molecule has 0 saturated carbocycles. The van der Waals surface area contributed by atoms with E-state index in [0.29, 0.717) is 29.8 Å². The van der Waals surface area contributed by atoms with E-state index in [2.05, 4.69) is 16.0 Å². The molecular formula is C25H25N3O3. The number of nitrogens with one attached hydrogen (secondary N) is 3. The van der Waals surface area contributed by atoms with Crippen LogP contribution in [0, 0.1) is 0 Å². The highest BCUT2D eigenvalue weighted by Gasteiger charge is 2.22. The molecule has 0 saturated heterocycles. The van der Waals surface area contributed by atoms with Crippen molar-refractivity contribution in [3.63, 3.8) is 0 Å². The summed E-state index contributed by atoms with van der Waals surface area (Å²) in [6, 6.07) is 24.2. The van der Waals surface area contributed by atoms with Crippen LogP contribution in [0.1, 0.15) is 33.2 Å². The van der Waals surface area contributed by atoms with Gasteiger partial charge in [0.2, 0.25) is 5.91 Å². The third-order valence-corrected chi connectivity index (χ3v) is 4.67. The smallest absolute Gasteiger partial charge is 0.251 e. The van der Waals surface area contributed by atoms with Crippen molar-refractivity contribution < 1.29 is 14.4 Å². The van der Waals surface area contributed by atoms with Crippen LogP contribution in [0.15, 0.2) is 84.9 Å². The van der Waals surface area contributed by atoms with Gasteiger partial charge in [-0.25, -0.2) is 0 Å². The lowest BCUT2D eigenvalue weighted by atomic mass is 10.0. The van der Waals surface area contributed by atoms with Crippen LogP contribution < -0.4 is 16.0 Å². The molecule has 3 rings (SSSR count). The summed E-state index contributed by atoms with van der Waals surface area (Å²) >= 11 is 0. The third-order valence-electron chi connectivity index (χ3n) is 4.67. The van der Waals surface area contributed by atoms with E-state index in [1.165, 1.54) is 0 Å². The van der Waals surface area contributed by atoms with Gasteiger partial charge in [0.1, 0.15) is 6.04 Å². The fourth-order valence-corrected chi connectivity index (χ4v) is 3.12. The van der Waals surface area contributed by atoms with Crippen LogP contribution in [0.3, 0.4) is 0 Å². The molecule has 3 amide bonds. The largest absolute Gasteiger partial charge is 0.352 e. The van der Waals surface area contributed by atoms with Gasteiger partial charge in [0.05, 0.1) is 0 Å². The second kappa shape index (κ2) is 10.7. The Kier molecular flexibility index (Phi) is 7.54. The van der Waals surface area contributed by atoms with E-state index < -0.39 is 6.04 Å². The first-order chi connectivity index (χ1) is 15.1. The monoisotopic (exact) mass is 415 g/mol. The van der Waals surface area contributed by atoms with E-state index in [4.69, 9.17) is 0 Å². The van der Waals surface area contributed by atoms with Gasteiger partial charge in [0, 0.05) is 29.8 Å². The lowest BCUT2D eigenvalue weighted by Crippen LogP contribution is -2.45. The number of carbonyl (C=O) groups excluding carboxylic acids is 3. The van der Waals surface area contributed by atoms with Crippen LogP contribution in [-0.2, 0) is 11.2 Å². The maximum absolute atomic E-state index is 13.1. The molecule has 0 aliphatic heterocycles. The van der Waals surface area contributed by atoms with E-state index in [-0.39, 0.29) is 17.7 Å². The summed E-state index contributed by atoms with van der Waals surface area (Å²) in [5.74, 6) is -0.897. The van der Waals surface area contributed by atoms with Gasteiger partial charge in [-0.05, 0) is 42.8 Å². The van der Waals surface area contributed by atoms with Gasteiger partial charge < -0.3 is 16.0 Å². The zero-order valence-corrected chi connectivity index (χ0v) is 17.3. The summed E-state index contributed by atoms with van der Waals surface area (Å²) in [6.45, 7) is 2.35. The third kappa shape index (κ3) is 6.27. The number of hydrogen-bond acceptors (Lipinski definition) is 3. The SMILES string of the molecule is CCNC(=O)c1cccc(NC(=O)C(Cc2ccccc2)NC(=O)c2ccccc2)c1. The Hall–Kier alpha value is -3.93. The summed E-state index contributed by atoms with van der Waals surface area (Å²) in [5, 5.41) is 8.39. The second-order valence-electron chi connectivity index (χ2n) is 7.01. The Labute approximate surface area is 181 Å². The van der Waals surface area contributed by atoms with Crippen LogP contribution in [0.2, 0.25) is 0 Å². The predicted octanol–water partition coefficient (Wildman–Crippen LogP) is 3.42. The maximum atomic E-state index is 13.1. The molecule has 0 radical (unpaired) electrons. The van der Waals surface area contributed by atoms with Crippen molar-refractivity contribution in [2.45, 2.75) is 19.4 Å². The summed E-state index contributed by atoms with van der Waals surface area (Å²) < 4.78 is 0. The molecule has 31 heavy (non-hydrogen) atoms. The first-order valence-electron chi connectivity index (χ1n) is 10.2. The van der Waals surface area contributed by atoms with Crippen LogP contribution in [0.5, 0.6) is 0 Å². The van der Waals surface area contributed by atoms with E-state index in [0.717, 1.165) is 5.56 Å². The molecular weight excluding hydrogens is 390 g/mol. The number of hydrogen-bond donors (Lipinski definition) is 3. The normalized spacial score (nSPS) is 11.3. The fraction of sp³-hybridized carbons (Fsp3) is 0.160. The van der Waals surface area contributed by atoms with Gasteiger partial charge in [0.15, 0.2) is 0 Å². The molecule has 6 heteroatoms. The highest BCUT2D eigenvalue weighted by molar-refractivity contribution is 6.02. The summed E-state index contributed by atoms with van der Waals surface area (Å²) in [4.78, 5) is 37.8. The van der Waals surface area contributed by atoms with Crippen molar-refractivity contribution >= 4 is 23.4 Å². The first kappa shape index (κ1) is 21.8. The van der Waals surface area contributed by atoms with Crippen molar-refractivity contribution in [1.82, 2.24) is 10.6 Å². The first-order valence-corrected chi connectivity index (χ1v) is 10.2. The van der Waals surface area contributed by atoms with Crippen molar-refractivity contribution in [3.05, 3.63) is 102 Å². The van der Waals surface area contributed by atoms with Gasteiger partial charge in [-0.1, -0.05) is 54.6 Å². The Balaban J connectivity index is 1.78. The number of benzene rings is 3. The van der Waals surface area contributed by atoms with Crippen LogP contribution in [0.4, 0.5) is 5.69 Å². The van der Waals surface area contributed by atoms with Gasteiger partial charge in [-0.15, -0.1) is 0 Å². The summed E-state index contributed by atoms with van der Waals surface area (Å²) in [5.41, 5.74) is 2.34. The average molecular weight is 415 g/mol. The van der Waals surface area contributed by atoms with Crippen LogP contribution in [0.25, 0.3) is 0 Å². The van der Waals surface area contributed by atoms with Crippen molar-refractivity contribution in [3.8, 4) is 0 Å². The van der Waals surface area contributed by atoms with Gasteiger partial charge in [0.25, 0.3) is 11.8 Å². The number of rotatable bonds is 8. The Morgan fingerprint density at radius 2 is 1.42 bits per heavy atom. The summed E-state index contributed by atoms with van der Waals surface area (Å²) in [6.07, 6.45) is 0.335. The van der Waals surface area contributed by atoms with Gasteiger partial charge in [-0.2, -0.15) is 0 Å². The fourth-order valence-electron chi connectivity index (χ4n) is 3.12. The zero-order valence-electron chi connectivity index (χ0n) is 17.3. The molecule has 0 bridgehead atoms. The Morgan fingerprint density at radius 3 is 2.10 bits per heavy atom. The van der Waals surface area contributed by atoms with Crippen molar-refractivity contribution in [2.75, 3.05) is 11.9 Å². The molecule has 3 aromatic carbocycles. The van der Waals surface area contributed by atoms with E-state index in [1.807, 2.05) is 43.3 Å². The number of amides is 3. The molecule has 6 nitrogen and oxygen atoms in total. The van der Waals surface area contributed by atoms with Crippen LogP contribution in [-0.4, -0.2) is 30.3 Å². The molecule has 0 fully saturated rings. The zero-order chi connectivity index (χ0) is 22.1. The Bertz CT molecular complexity index is 1040. The van der Waals surface area contributed by atoms with E-state index in [1.54, 1.807) is 48.5 Å². The predicted molar refractivity (Wildman–Crippen MR) is 121 cm³/mol. The minimum absolute atomic E-state index is 0.211. The molecule has 0 aliphatic rings. The van der Waals surface area contributed by atoms with Gasteiger partial charge in [-0.3, -0.25) is 14.4 Å². The minimum Gasteiger partial charge on any atom is -0.352 e. The average Bonchev–Trinajstić information content (AvgIpc) is 2.80. The molecule has 158 valence electrons. The molecule has 0 spiro atoms. The maximum Gasteiger partial charge on any atom is 0.251 e. The standard InChI is InChI=1S/C25H25N3O3/c1-2-26-23(29)20-14-9-15-21(17-20)27-25(31)22(16-18-10-5-3-6-11-18)28-24(30)19-12-7-4-8-13-19/h3-15,17,22H,2,16H2,1H3,(H,26,29)(H,27,31)(H,28,30). The molecule has 0 aromatic heterocycles. The van der Waals surface area contributed by atoms with E-state index >= 15 is 0 Å². The lowest BCUT2D eigenvalue weighted by molar-refractivity contribution is -0.118. The highest BCUT2D eigenvalue weighted by atomic mass is 16.2. The molecule has 0 aliphatic carbocycles. The quantitative estimate of drug-likeness (QED) is 0.527. The summed E-state index contributed by atoms with van der Waals surface area (Å²) in [7, 11) is 0. The molecule has 0 heterocycles. The minimum atomic E-state index is -0.789. The topological polar surface area (TPSA) is 87.3 Å². The van der Waals surface area contributed by atoms with Crippen molar-refractivity contribution in [1.29, 1.82) is 0 Å². The van der Waals surface area contributed by atoms with Gasteiger partial charge >= 0.3 is 0 Å². The molecule has 3 aromatic rings. The Morgan fingerprint density at radius 1 is 0.774 bits per heavy atom. The molecule has 3 N–H and O–H groups in total. The van der Waals surface area contributed by atoms with Crippen molar-refractivity contribution in [2.24, 2.45) is 0 Å². The lowest BCUT2D eigenvalue weighted by Gasteiger charge is -2.19. The number of anilines is 1. The van der Waals surface area contributed by atoms with E-state index in [9.17, 15) is 14.4 Å².